The number of hydrogen-bond donors (Lipinski definition) is 0. The summed E-state index contributed by atoms with van der Waals surface area (Å²) >= 11 is 0. The second kappa shape index (κ2) is 14.0. The lowest BCUT2D eigenvalue weighted by atomic mass is 9.80. The van der Waals surface area contributed by atoms with Gasteiger partial charge in [0.25, 0.3) is 0 Å². The molecule has 0 radical (unpaired) electrons. The van der Waals surface area contributed by atoms with Crippen LogP contribution in [0.2, 0.25) is 0 Å². The number of esters is 1. The van der Waals surface area contributed by atoms with Crippen LogP contribution in [-0.4, -0.2) is 12.6 Å². The van der Waals surface area contributed by atoms with Crippen molar-refractivity contribution in [1.82, 2.24) is 0 Å². The van der Waals surface area contributed by atoms with E-state index in [1.165, 1.54) is 51.0 Å². The number of nitriles is 1. The largest absolute Gasteiger partial charge is 0.493 e. The Kier molecular flexibility index (Phi) is 10.8. The minimum absolute atomic E-state index is 0.0452. The van der Waals surface area contributed by atoms with Crippen LogP contribution in [0.25, 0.3) is 0 Å². The van der Waals surface area contributed by atoms with Crippen molar-refractivity contribution >= 4 is 5.97 Å². The highest BCUT2D eigenvalue weighted by Gasteiger charge is 2.24. The van der Waals surface area contributed by atoms with Crippen LogP contribution >= 0.6 is 0 Å². The van der Waals surface area contributed by atoms with E-state index in [-0.39, 0.29) is 5.75 Å². The first-order valence-electron chi connectivity index (χ1n) is 13.1. The molecule has 1 aliphatic rings. The van der Waals surface area contributed by atoms with Gasteiger partial charge in [0, 0.05) is 24.3 Å². The summed E-state index contributed by atoms with van der Waals surface area (Å²) in [6.07, 6.45) is 13.3. The number of hydrogen-bond acceptors (Lipinski definition) is 4. The van der Waals surface area contributed by atoms with Crippen LogP contribution < -0.4 is 9.47 Å². The van der Waals surface area contributed by atoms with Crippen LogP contribution in [0, 0.1) is 46.4 Å². The molecular formula is C29H33F4NO3. The third-order valence-corrected chi connectivity index (χ3v) is 6.98. The van der Waals surface area contributed by atoms with E-state index < -0.39 is 46.1 Å². The molecule has 0 aliphatic heterocycles. The van der Waals surface area contributed by atoms with E-state index in [1.54, 1.807) is 0 Å². The number of nitrogens with zero attached hydrogens (tertiary/aromatic N) is 1. The Bertz CT molecular complexity index is 1060. The van der Waals surface area contributed by atoms with Gasteiger partial charge in [0.2, 0.25) is 0 Å². The number of unbranched alkanes of at least 4 members (excludes halogenated alkanes) is 5. The van der Waals surface area contributed by atoms with E-state index in [0.29, 0.717) is 24.7 Å². The molecule has 0 bridgehead atoms. The molecule has 0 aromatic heterocycles. The highest BCUT2D eigenvalue weighted by Crippen LogP contribution is 2.33. The second-order valence-corrected chi connectivity index (χ2v) is 9.78. The molecule has 0 heterocycles. The van der Waals surface area contributed by atoms with Crippen molar-refractivity contribution in [2.75, 3.05) is 6.61 Å². The highest BCUT2D eigenvalue weighted by atomic mass is 19.1. The minimum Gasteiger partial charge on any atom is -0.493 e. The van der Waals surface area contributed by atoms with Crippen molar-refractivity contribution in [3.63, 3.8) is 0 Å². The average molecular weight is 520 g/mol. The summed E-state index contributed by atoms with van der Waals surface area (Å²) in [7, 11) is 0. The number of ether oxygens (including phenoxy) is 2. The average Bonchev–Trinajstić information content (AvgIpc) is 2.85. The molecule has 0 unspecified atom stereocenters. The Morgan fingerprint density at radius 2 is 1.38 bits per heavy atom. The van der Waals surface area contributed by atoms with Gasteiger partial charge in [0.05, 0.1) is 6.61 Å². The Morgan fingerprint density at radius 1 is 0.838 bits per heavy atom. The number of carbonyl (C=O) groups excluding carboxylic acids is 1. The quantitative estimate of drug-likeness (QED) is 0.123. The first-order valence-corrected chi connectivity index (χ1v) is 13.1. The normalized spacial score (nSPS) is 17.3. The summed E-state index contributed by atoms with van der Waals surface area (Å²) in [4.78, 5) is 12.3. The molecule has 8 heteroatoms. The van der Waals surface area contributed by atoms with Crippen LogP contribution in [0.4, 0.5) is 17.6 Å². The van der Waals surface area contributed by atoms with Crippen LogP contribution in [0.1, 0.15) is 93.5 Å². The molecule has 0 spiro atoms. The van der Waals surface area contributed by atoms with Gasteiger partial charge in [0.1, 0.15) is 52.0 Å². The molecule has 2 aromatic carbocycles. The molecule has 3 rings (SSSR count). The summed E-state index contributed by atoms with van der Waals surface area (Å²) in [5.74, 6) is -6.03. The van der Waals surface area contributed by atoms with Crippen molar-refractivity contribution in [3.05, 3.63) is 58.7 Å². The molecule has 1 fully saturated rings. The summed E-state index contributed by atoms with van der Waals surface area (Å²) in [5, 5.41) is 8.70. The first-order chi connectivity index (χ1) is 17.8. The van der Waals surface area contributed by atoms with Crippen molar-refractivity contribution < 1.29 is 31.8 Å². The van der Waals surface area contributed by atoms with Crippen molar-refractivity contribution in [2.45, 2.75) is 77.6 Å². The molecule has 0 N–H and O–H groups in total. The van der Waals surface area contributed by atoms with E-state index in [1.807, 2.05) is 0 Å². The lowest BCUT2D eigenvalue weighted by molar-refractivity contribution is 0.0723. The Balaban J connectivity index is 1.48. The van der Waals surface area contributed by atoms with Gasteiger partial charge in [-0.05, 0) is 24.7 Å². The Labute approximate surface area is 215 Å². The van der Waals surface area contributed by atoms with Gasteiger partial charge in [-0.3, -0.25) is 0 Å². The summed E-state index contributed by atoms with van der Waals surface area (Å²) in [6.45, 7) is 2.55. The van der Waals surface area contributed by atoms with E-state index in [4.69, 9.17) is 14.7 Å². The second-order valence-electron chi connectivity index (χ2n) is 9.78. The molecule has 2 aromatic rings. The molecule has 0 amide bonds. The fourth-order valence-corrected chi connectivity index (χ4v) is 4.82. The zero-order chi connectivity index (χ0) is 26.8. The summed E-state index contributed by atoms with van der Waals surface area (Å²) in [6, 6.07) is 4.30. The van der Waals surface area contributed by atoms with Crippen molar-refractivity contribution in [2.24, 2.45) is 11.8 Å². The molecule has 0 saturated heterocycles. The lowest BCUT2D eigenvalue weighted by Crippen LogP contribution is -2.20. The third-order valence-electron chi connectivity index (χ3n) is 6.98. The van der Waals surface area contributed by atoms with Gasteiger partial charge >= 0.3 is 5.97 Å². The van der Waals surface area contributed by atoms with Crippen molar-refractivity contribution in [1.29, 1.82) is 5.26 Å². The highest BCUT2D eigenvalue weighted by molar-refractivity contribution is 5.91. The predicted octanol–water partition coefficient (Wildman–Crippen LogP) is 8.27. The topological polar surface area (TPSA) is 59.3 Å². The fraction of sp³-hybridized carbons (Fsp3) is 0.517. The van der Waals surface area contributed by atoms with Gasteiger partial charge in [0.15, 0.2) is 0 Å². The molecule has 0 atom stereocenters. The lowest BCUT2D eigenvalue weighted by Gasteiger charge is -2.28. The minimum atomic E-state index is -1.46. The smallest absolute Gasteiger partial charge is 0.349 e. The molecule has 1 saturated carbocycles. The van der Waals surface area contributed by atoms with Gasteiger partial charge in [-0.25, -0.2) is 22.4 Å². The molecular weight excluding hydrogens is 486 g/mol. The monoisotopic (exact) mass is 519 g/mol. The number of rotatable bonds is 12. The fourth-order valence-electron chi connectivity index (χ4n) is 4.82. The summed E-state index contributed by atoms with van der Waals surface area (Å²) in [5.41, 5.74) is -1.86. The zero-order valence-corrected chi connectivity index (χ0v) is 21.1. The maximum absolute atomic E-state index is 14.6. The molecule has 200 valence electrons. The molecule has 1 aliphatic carbocycles. The van der Waals surface area contributed by atoms with Crippen LogP contribution in [0.3, 0.4) is 0 Å². The van der Waals surface area contributed by atoms with Crippen LogP contribution in [0.5, 0.6) is 11.5 Å². The first kappa shape index (κ1) is 28.5. The number of halogens is 4. The maximum atomic E-state index is 14.6. The number of benzene rings is 2. The van der Waals surface area contributed by atoms with E-state index in [2.05, 4.69) is 6.92 Å². The standard InChI is InChI=1S/C29H33F4NO3/c1-2-3-4-5-6-7-8-19-9-11-20(12-10-19)18-36-21-13-26(32)28(27(33)14-21)29(35)37-22-15-24(30)23(17-34)25(31)16-22/h13-16,19-20H,2-12,18H2,1H3/t19-,20-. The van der Waals surface area contributed by atoms with E-state index >= 15 is 0 Å². The Hall–Kier alpha value is -3.08. The molecule has 4 nitrogen and oxygen atoms in total. The zero-order valence-electron chi connectivity index (χ0n) is 21.1. The third kappa shape index (κ3) is 8.21. The predicted molar refractivity (Wildman–Crippen MR) is 131 cm³/mol. The van der Waals surface area contributed by atoms with Gasteiger partial charge in [-0.2, -0.15) is 5.26 Å². The Morgan fingerprint density at radius 3 is 1.97 bits per heavy atom. The van der Waals surface area contributed by atoms with Crippen LogP contribution in [-0.2, 0) is 0 Å². The van der Waals surface area contributed by atoms with E-state index in [0.717, 1.165) is 43.7 Å². The number of carbonyl (C=O) groups is 1. The van der Waals surface area contributed by atoms with Gasteiger partial charge < -0.3 is 9.47 Å². The summed E-state index contributed by atoms with van der Waals surface area (Å²) < 4.78 is 66.9. The van der Waals surface area contributed by atoms with Crippen molar-refractivity contribution in [3.8, 4) is 17.6 Å². The molecule has 37 heavy (non-hydrogen) atoms. The van der Waals surface area contributed by atoms with Crippen LogP contribution in [0.15, 0.2) is 24.3 Å². The SMILES string of the molecule is CCCCCCCC[C@H]1CC[C@H](COc2cc(F)c(C(=O)Oc3cc(F)c(C#N)c(F)c3)c(F)c2)CC1. The maximum Gasteiger partial charge on any atom is 0.349 e. The van der Waals surface area contributed by atoms with Gasteiger partial charge in [-0.15, -0.1) is 0 Å². The van der Waals surface area contributed by atoms with Gasteiger partial charge in [-0.1, -0.05) is 64.7 Å². The van der Waals surface area contributed by atoms with E-state index in [9.17, 15) is 22.4 Å².